The summed E-state index contributed by atoms with van der Waals surface area (Å²) in [6.07, 6.45) is 0. The predicted octanol–water partition coefficient (Wildman–Crippen LogP) is 5.73. The van der Waals surface area contributed by atoms with Crippen molar-refractivity contribution < 1.29 is 0 Å². The molecular weight excluding hydrogens is 268 g/mol. The third kappa shape index (κ3) is 5.15. The first-order valence-corrected chi connectivity index (χ1v) is 14.4. The van der Waals surface area contributed by atoms with Crippen molar-refractivity contribution in [2.75, 3.05) is 40.0 Å². The van der Waals surface area contributed by atoms with Crippen molar-refractivity contribution in [3.05, 3.63) is 0 Å². The lowest BCUT2D eigenvalue weighted by atomic mass is 10.9. The van der Waals surface area contributed by atoms with Gasteiger partial charge in [-0.1, -0.05) is 28.7 Å². The fraction of sp³-hybridized carbons (Fsp3) is 1.00. The van der Waals surface area contributed by atoms with Crippen LogP contribution >= 0.6 is 31.7 Å². The van der Waals surface area contributed by atoms with Gasteiger partial charge >= 0.3 is 0 Å². The summed E-state index contributed by atoms with van der Waals surface area (Å²) in [5, 5.41) is 2.97. The summed E-state index contributed by atoms with van der Waals surface area (Å²) in [6, 6.07) is 0. The van der Waals surface area contributed by atoms with Crippen molar-refractivity contribution >= 4 is 31.7 Å². The zero-order chi connectivity index (χ0) is 13.0. The Hall–Kier alpha value is 1.72. The monoisotopic (exact) mass is 298 g/mol. The van der Waals surface area contributed by atoms with Crippen LogP contribution in [-0.2, 0) is 0 Å². The summed E-state index contributed by atoms with van der Waals surface area (Å²) in [5.41, 5.74) is 0. The van der Waals surface area contributed by atoms with Crippen LogP contribution in [0.2, 0.25) is 0 Å². The first-order chi connectivity index (χ1) is 7.20. The minimum Gasteiger partial charge on any atom is -0.106 e. The normalized spacial score (nSPS) is 20.2. The average Bonchev–Trinajstić information content (AvgIpc) is 2.16. The number of rotatable bonds is 6. The third-order valence-corrected chi connectivity index (χ3v) is 17.2. The maximum atomic E-state index is 2.53. The molecule has 0 radical (unpaired) electrons. The first-order valence-electron chi connectivity index (χ1n) is 5.96. The zero-order valence-corrected chi connectivity index (χ0v) is 16.1. The summed E-state index contributed by atoms with van der Waals surface area (Å²) in [5.74, 6) is 0. The molecule has 0 N–H and O–H groups in total. The van der Waals surface area contributed by atoms with Gasteiger partial charge in [-0.05, 0) is 56.2 Å². The van der Waals surface area contributed by atoms with E-state index in [2.05, 4.69) is 60.8 Å². The maximum absolute atomic E-state index is 2.53. The molecule has 0 saturated carbocycles. The molecule has 3 unspecified atom stereocenters. The molecule has 0 fully saturated rings. The fourth-order valence-corrected chi connectivity index (χ4v) is 14.6. The second kappa shape index (κ2) is 8.00. The molecule has 98 valence electrons. The van der Waals surface area contributed by atoms with Gasteiger partial charge in [0.1, 0.15) is 0 Å². The van der Waals surface area contributed by atoms with Crippen molar-refractivity contribution in [2.24, 2.45) is 0 Å². The largest absolute Gasteiger partial charge is 0.106 e. The van der Waals surface area contributed by atoms with Gasteiger partial charge in [0.05, 0.1) is 0 Å². The van der Waals surface area contributed by atoms with Crippen LogP contribution in [-0.4, -0.2) is 56.2 Å². The summed E-state index contributed by atoms with van der Waals surface area (Å²) in [7, 11) is 0.926. The first kappa shape index (κ1) is 17.7. The number of hydrogen-bond acceptors (Lipinski definition) is 0. The van der Waals surface area contributed by atoms with E-state index in [-0.39, 0.29) is 31.7 Å². The molecule has 4 heteroatoms. The molecule has 0 bridgehead atoms. The van der Waals surface area contributed by atoms with Gasteiger partial charge < -0.3 is 0 Å². The Morgan fingerprint density at radius 1 is 0.500 bits per heavy atom. The van der Waals surface area contributed by atoms with E-state index < -0.39 is 0 Å². The molecule has 0 aromatic rings. The molecule has 0 aliphatic rings. The minimum atomic E-state index is 0.224. The van der Waals surface area contributed by atoms with Gasteiger partial charge in [-0.3, -0.25) is 0 Å². The SMILES string of the molecule is CC(P(C)C)P(C(C)P(C)C)C(C)P(C)C. The molecule has 0 saturated heterocycles. The molecule has 0 aromatic carbocycles. The van der Waals surface area contributed by atoms with Crippen molar-refractivity contribution in [1.29, 1.82) is 0 Å². The summed E-state index contributed by atoms with van der Waals surface area (Å²) in [4.78, 5) is 0. The molecule has 0 aromatic heterocycles. The minimum absolute atomic E-state index is 0.224. The Kier molecular flexibility index (Phi) is 8.86. The van der Waals surface area contributed by atoms with E-state index in [1.165, 1.54) is 0 Å². The van der Waals surface area contributed by atoms with Gasteiger partial charge in [-0.15, -0.1) is 23.8 Å². The lowest BCUT2D eigenvalue weighted by Gasteiger charge is -2.41. The van der Waals surface area contributed by atoms with Crippen LogP contribution in [0.5, 0.6) is 0 Å². The average molecular weight is 298 g/mol. The van der Waals surface area contributed by atoms with Gasteiger partial charge in [0.25, 0.3) is 0 Å². The molecule has 0 rings (SSSR count). The van der Waals surface area contributed by atoms with Crippen molar-refractivity contribution in [3.63, 3.8) is 0 Å². The Bertz CT molecular complexity index is 158. The Balaban J connectivity index is 4.89. The summed E-state index contributed by atoms with van der Waals surface area (Å²) >= 11 is 0. The topological polar surface area (TPSA) is 0 Å². The van der Waals surface area contributed by atoms with Gasteiger partial charge in [0.2, 0.25) is 0 Å². The van der Waals surface area contributed by atoms with Crippen LogP contribution in [0.1, 0.15) is 20.8 Å². The van der Waals surface area contributed by atoms with Crippen LogP contribution in [0.25, 0.3) is 0 Å². The second-order valence-corrected chi connectivity index (χ2v) is 17.8. The van der Waals surface area contributed by atoms with Crippen molar-refractivity contribution in [3.8, 4) is 0 Å². The van der Waals surface area contributed by atoms with E-state index in [1.807, 2.05) is 0 Å². The second-order valence-electron chi connectivity index (χ2n) is 5.23. The van der Waals surface area contributed by atoms with E-state index in [4.69, 9.17) is 0 Å². The highest BCUT2D eigenvalue weighted by molar-refractivity contribution is 7.88. The maximum Gasteiger partial charge on any atom is -0.00280 e. The van der Waals surface area contributed by atoms with Crippen molar-refractivity contribution in [1.82, 2.24) is 0 Å². The quantitative estimate of drug-likeness (QED) is 0.549. The highest BCUT2D eigenvalue weighted by Gasteiger charge is 2.32. The van der Waals surface area contributed by atoms with Gasteiger partial charge in [0, 0.05) is 0 Å². The Morgan fingerprint density at radius 3 is 0.812 bits per heavy atom. The van der Waals surface area contributed by atoms with Crippen LogP contribution in [0.15, 0.2) is 0 Å². The standard InChI is InChI=1S/C12H30P4/c1-10(13(4)5)16(11(2)14(6)7)12(3)15(8)9/h10-12H,1-9H3. The van der Waals surface area contributed by atoms with E-state index in [0.717, 1.165) is 16.2 Å². The highest BCUT2D eigenvalue weighted by atomic mass is 31.2. The molecule has 0 amide bonds. The van der Waals surface area contributed by atoms with Crippen LogP contribution in [0, 0.1) is 0 Å². The molecule has 0 spiro atoms. The Morgan fingerprint density at radius 2 is 0.688 bits per heavy atom. The Labute approximate surface area is 109 Å². The van der Waals surface area contributed by atoms with Gasteiger partial charge in [-0.2, -0.15) is 0 Å². The van der Waals surface area contributed by atoms with Crippen LogP contribution < -0.4 is 0 Å². The smallest absolute Gasteiger partial charge is 0.00280 e. The van der Waals surface area contributed by atoms with E-state index in [9.17, 15) is 0 Å². The molecule has 3 atom stereocenters. The molecule has 0 nitrogen and oxygen atoms in total. The van der Waals surface area contributed by atoms with E-state index >= 15 is 0 Å². The lowest BCUT2D eigenvalue weighted by Crippen LogP contribution is -2.14. The van der Waals surface area contributed by atoms with E-state index in [1.54, 1.807) is 0 Å². The molecule has 16 heavy (non-hydrogen) atoms. The van der Waals surface area contributed by atoms with Crippen LogP contribution in [0.4, 0.5) is 0 Å². The molecule has 0 heterocycles. The lowest BCUT2D eigenvalue weighted by molar-refractivity contribution is 1.21. The zero-order valence-electron chi connectivity index (χ0n) is 12.5. The van der Waals surface area contributed by atoms with E-state index in [0.29, 0.717) is 0 Å². The van der Waals surface area contributed by atoms with Gasteiger partial charge in [-0.25, -0.2) is 0 Å². The molecule has 0 aliphatic heterocycles. The third-order valence-electron chi connectivity index (χ3n) is 3.54. The fourth-order valence-electron chi connectivity index (χ4n) is 1.74. The van der Waals surface area contributed by atoms with Crippen molar-refractivity contribution in [2.45, 2.75) is 37.0 Å². The molecule has 0 aliphatic carbocycles. The highest BCUT2D eigenvalue weighted by Crippen LogP contribution is 2.70. The van der Waals surface area contributed by atoms with Gasteiger partial charge in [0.15, 0.2) is 0 Å². The number of hydrogen-bond donors (Lipinski definition) is 0. The summed E-state index contributed by atoms with van der Waals surface area (Å²) in [6.45, 7) is 22.4. The van der Waals surface area contributed by atoms with Crippen LogP contribution in [0.3, 0.4) is 0 Å². The molecular formula is C12H30P4. The predicted molar refractivity (Wildman–Crippen MR) is 91.6 cm³/mol. The summed E-state index contributed by atoms with van der Waals surface area (Å²) < 4.78 is 0.